The first-order valence-electron chi connectivity index (χ1n) is 7.08. The Bertz CT molecular complexity index is 585. The highest BCUT2D eigenvalue weighted by Crippen LogP contribution is 2.67. The molecule has 2 aliphatic carbocycles. The lowest BCUT2D eigenvalue weighted by atomic mass is 9.67. The predicted molar refractivity (Wildman–Crippen MR) is 65.0 cm³/mol. The summed E-state index contributed by atoms with van der Waals surface area (Å²) in [5, 5.41) is 0. The number of carbonyl (C=O) groups excluding carboxylic acids is 1. The molecular formula is C14H13F9O2. The van der Waals surface area contributed by atoms with Crippen molar-refractivity contribution in [3.8, 4) is 0 Å². The van der Waals surface area contributed by atoms with Crippen LogP contribution in [0.3, 0.4) is 0 Å². The van der Waals surface area contributed by atoms with Gasteiger partial charge in [-0.15, -0.1) is 0 Å². The first-order valence-corrected chi connectivity index (χ1v) is 7.08. The summed E-state index contributed by atoms with van der Waals surface area (Å²) in [5.41, 5.74) is -7.46. The third-order valence-corrected chi connectivity index (χ3v) is 4.81. The number of carbonyl (C=O) groups is 1. The van der Waals surface area contributed by atoms with E-state index in [0.29, 0.717) is 0 Å². The number of allylic oxidation sites excluding steroid dienone is 2. The minimum Gasteiger partial charge on any atom is -0.449 e. The summed E-state index contributed by atoms with van der Waals surface area (Å²) in [7, 11) is 0. The molecular weight excluding hydrogens is 371 g/mol. The molecule has 0 aromatic heterocycles. The lowest BCUT2D eigenvalue weighted by Gasteiger charge is -2.43. The molecule has 2 nitrogen and oxygen atoms in total. The fourth-order valence-electron chi connectivity index (χ4n) is 3.54. The fourth-order valence-corrected chi connectivity index (χ4v) is 3.54. The minimum absolute atomic E-state index is 0.278. The van der Waals surface area contributed by atoms with Crippen LogP contribution in [-0.4, -0.2) is 30.1 Å². The zero-order chi connectivity index (χ0) is 19.6. The Morgan fingerprint density at radius 1 is 1.00 bits per heavy atom. The maximum Gasteiger partial charge on any atom is 0.427 e. The molecule has 25 heavy (non-hydrogen) atoms. The van der Waals surface area contributed by atoms with Gasteiger partial charge in [0.15, 0.2) is 5.41 Å². The molecule has 2 aliphatic rings. The van der Waals surface area contributed by atoms with E-state index in [1.165, 1.54) is 0 Å². The van der Waals surface area contributed by atoms with Crippen LogP contribution in [0.1, 0.15) is 20.3 Å². The molecule has 11 heteroatoms. The summed E-state index contributed by atoms with van der Waals surface area (Å²) in [6.45, 7) is 0.557. The largest absolute Gasteiger partial charge is 0.449 e. The molecule has 2 bridgehead atoms. The zero-order valence-electron chi connectivity index (χ0n) is 12.8. The average Bonchev–Trinajstić information content (AvgIpc) is 2.92. The Kier molecular flexibility index (Phi) is 4.21. The van der Waals surface area contributed by atoms with Crippen LogP contribution >= 0.6 is 0 Å². The lowest BCUT2D eigenvalue weighted by Crippen LogP contribution is -2.60. The SMILES string of the molecule is CC(C)(OC(=O)C1(C(F)(F)F)C2C=CC(C2)C1C(F)(F)F)C(F)(F)F. The molecule has 1 saturated carbocycles. The minimum atomic E-state index is -5.74. The molecule has 4 unspecified atom stereocenters. The van der Waals surface area contributed by atoms with Crippen LogP contribution in [0, 0.1) is 23.2 Å². The number of hydrogen-bond acceptors (Lipinski definition) is 2. The Morgan fingerprint density at radius 2 is 1.52 bits per heavy atom. The number of rotatable bonds is 2. The smallest absolute Gasteiger partial charge is 0.427 e. The van der Waals surface area contributed by atoms with E-state index >= 15 is 0 Å². The van der Waals surface area contributed by atoms with Crippen LogP contribution in [-0.2, 0) is 9.53 Å². The van der Waals surface area contributed by atoms with Crippen LogP contribution in [0.2, 0.25) is 0 Å². The normalized spacial score (nSPS) is 33.0. The van der Waals surface area contributed by atoms with Crippen LogP contribution in [0.5, 0.6) is 0 Å². The van der Waals surface area contributed by atoms with Gasteiger partial charge in [0.25, 0.3) is 0 Å². The fraction of sp³-hybridized carbons (Fsp3) is 0.786. The van der Waals surface area contributed by atoms with Gasteiger partial charge in [-0.3, -0.25) is 4.79 Å². The molecule has 0 aromatic carbocycles. The number of halogens is 9. The highest BCUT2D eigenvalue weighted by atomic mass is 19.4. The Hall–Kier alpha value is -1.42. The van der Waals surface area contributed by atoms with Crippen molar-refractivity contribution in [3.63, 3.8) is 0 Å². The lowest BCUT2D eigenvalue weighted by molar-refractivity contribution is -0.313. The highest BCUT2D eigenvalue weighted by molar-refractivity contribution is 5.81. The second-order valence-corrected chi connectivity index (χ2v) is 6.67. The average molecular weight is 384 g/mol. The number of alkyl halides is 9. The standard InChI is InChI=1S/C14H13F9O2/c1-10(2,13(18,19)20)25-9(24)11(14(21,22)23)7-4-3-6(5-7)8(11)12(15,16)17/h3-4,6-8H,5H2,1-2H3. The molecule has 0 N–H and O–H groups in total. The maximum absolute atomic E-state index is 13.7. The van der Waals surface area contributed by atoms with Crippen LogP contribution < -0.4 is 0 Å². The summed E-state index contributed by atoms with van der Waals surface area (Å²) in [6, 6.07) is 0. The zero-order valence-corrected chi connectivity index (χ0v) is 12.8. The van der Waals surface area contributed by atoms with E-state index < -0.39 is 59.7 Å². The van der Waals surface area contributed by atoms with Crippen molar-refractivity contribution in [1.29, 1.82) is 0 Å². The van der Waals surface area contributed by atoms with E-state index in [9.17, 15) is 44.3 Å². The third kappa shape index (κ3) is 2.79. The van der Waals surface area contributed by atoms with Crippen molar-refractivity contribution in [2.75, 3.05) is 0 Å². The highest BCUT2D eigenvalue weighted by Gasteiger charge is 2.80. The molecule has 0 spiro atoms. The molecule has 4 atom stereocenters. The van der Waals surface area contributed by atoms with Gasteiger partial charge >= 0.3 is 24.5 Å². The molecule has 2 rings (SSSR count). The van der Waals surface area contributed by atoms with E-state index in [1.54, 1.807) is 0 Å². The second-order valence-electron chi connectivity index (χ2n) is 6.67. The summed E-state index contributed by atoms with van der Waals surface area (Å²) in [4.78, 5) is 12.1. The van der Waals surface area contributed by atoms with Gasteiger partial charge in [-0.1, -0.05) is 12.2 Å². The number of fused-ring (bicyclic) bond motifs is 2. The Balaban J connectivity index is 2.57. The summed E-state index contributed by atoms with van der Waals surface area (Å²) in [5.74, 6) is -9.32. The topological polar surface area (TPSA) is 26.3 Å². The van der Waals surface area contributed by atoms with E-state index in [1.807, 2.05) is 0 Å². The summed E-state index contributed by atoms with van der Waals surface area (Å²) < 4.78 is 123. The van der Waals surface area contributed by atoms with Gasteiger partial charge in [0.05, 0.1) is 5.92 Å². The van der Waals surface area contributed by atoms with Crippen molar-refractivity contribution in [2.24, 2.45) is 23.2 Å². The molecule has 144 valence electrons. The number of ether oxygens (including phenoxy) is 1. The molecule has 0 aliphatic heterocycles. The van der Waals surface area contributed by atoms with E-state index in [4.69, 9.17) is 0 Å². The van der Waals surface area contributed by atoms with E-state index in [0.717, 1.165) is 12.2 Å². The monoisotopic (exact) mass is 384 g/mol. The summed E-state index contributed by atoms with van der Waals surface area (Å²) in [6.07, 6.45) is -15.4. The van der Waals surface area contributed by atoms with Crippen molar-refractivity contribution in [1.82, 2.24) is 0 Å². The Morgan fingerprint density at radius 3 is 1.92 bits per heavy atom. The van der Waals surface area contributed by atoms with E-state index in [-0.39, 0.29) is 13.8 Å². The van der Waals surface area contributed by atoms with Crippen LogP contribution in [0.4, 0.5) is 39.5 Å². The molecule has 0 aromatic rings. The number of esters is 1. The van der Waals surface area contributed by atoms with E-state index in [2.05, 4.69) is 4.74 Å². The van der Waals surface area contributed by atoms with Gasteiger partial charge in [-0.25, -0.2) is 0 Å². The first kappa shape index (κ1) is 19.9. The predicted octanol–water partition coefficient (Wildman–Crippen LogP) is 4.80. The van der Waals surface area contributed by atoms with Gasteiger partial charge in [0.2, 0.25) is 5.60 Å². The molecule has 1 fully saturated rings. The number of hydrogen-bond donors (Lipinski definition) is 0. The molecule has 0 saturated heterocycles. The van der Waals surface area contributed by atoms with Crippen molar-refractivity contribution < 1.29 is 49.0 Å². The second kappa shape index (κ2) is 5.29. The molecule has 0 heterocycles. The third-order valence-electron chi connectivity index (χ3n) is 4.81. The maximum atomic E-state index is 13.7. The molecule has 0 radical (unpaired) electrons. The van der Waals surface area contributed by atoms with Crippen LogP contribution in [0.25, 0.3) is 0 Å². The quantitative estimate of drug-likeness (QED) is 0.388. The van der Waals surface area contributed by atoms with Crippen molar-refractivity contribution >= 4 is 5.97 Å². The van der Waals surface area contributed by atoms with Gasteiger partial charge in [-0.05, 0) is 26.2 Å². The summed E-state index contributed by atoms with van der Waals surface area (Å²) >= 11 is 0. The van der Waals surface area contributed by atoms with Gasteiger partial charge in [0.1, 0.15) is 0 Å². The molecule has 0 amide bonds. The van der Waals surface area contributed by atoms with Crippen LogP contribution in [0.15, 0.2) is 12.2 Å². The van der Waals surface area contributed by atoms with Gasteiger partial charge in [0, 0.05) is 5.92 Å². The Labute approximate surface area is 136 Å². The first-order chi connectivity index (χ1) is 11.0. The van der Waals surface area contributed by atoms with Crippen molar-refractivity contribution in [3.05, 3.63) is 12.2 Å². The van der Waals surface area contributed by atoms with Crippen molar-refractivity contribution in [2.45, 2.75) is 44.4 Å². The van der Waals surface area contributed by atoms with Gasteiger partial charge < -0.3 is 4.74 Å². The van der Waals surface area contributed by atoms with Gasteiger partial charge in [-0.2, -0.15) is 39.5 Å².